The third-order valence-corrected chi connectivity index (χ3v) is 7.80. The average Bonchev–Trinajstić information content (AvgIpc) is 3.28. The molecule has 12 nitrogen and oxygen atoms in total. The van der Waals surface area contributed by atoms with Gasteiger partial charge in [0.1, 0.15) is 47.6 Å². The van der Waals surface area contributed by atoms with Crippen LogP contribution in [0.15, 0.2) is 48.5 Å². The molecule has 2 aromatic carbocycles. The van der Waals surface area contributed by atoms with Crippen LogP contribution in [0.4, 0.5) is 0 Å². The normalized spacial score (nSPS) is 32.1. The van der Waals surface area contributed by atoms with Crippen molar-refractivity contribution in [1.82, 2.24) is 0 Å². The van der Waals surface area contributed by atoms with Gasteiger partial charge in [0.25, 0.3) is 0 Å². The van der Waals surface area contributed by atoms with Crippen molar-refractivity contribution in [2.75, 3.05) is 19.8 Å². The quantitative estimate of drug-likeness (QED) is 0.134. The van der Waals surface area contributed by atoms with Gasteiger partial charge in [-0.05, 0) is 67.5 Å². The lowest BCUT2D eigenvalue weighted by Gasteiger charge is -2.40. The van der Waals surface area contributed by atoms with E-state index in [0.717, 1.165) is 36.8 Å². The molecule has 2 saturated heterocycles. The number of hydrogen-bond acceptors (Lipinski definition) is 12. The number of aromatic hydroxyl groups is 1. The van der Waals surface area contributed by atoms with E-state index in [1.54, 1.807) is 24.3 Å². The molecule has 2 fully saturated rings. The van der Waals surface area contributed by atoms with Crippen LogP contribution in [0.2, 0.25) is 0 Å². The Labute approximate surface area is 244 Å². The molecule has 9 atom stereocenters. The number of aliphatic hydroxyl groups excluding tert-OH is 6. The number of benzene rings is 2. The molecule has 2 aliphatic rings. The summed E-state index contributed by atoms with van der Waals surface area (Å²) in [6.07, 6.45) is -5.70. The van der Waals surface area contributed by atoms with E-state index in [-0.39, 0.29) is 25.1 Å². The third kappa shape index (κ3) is 8.38. The Morgan fingerprint density at radius 3 is 2.17 bits per heavy atom. The van der Waals surface area contributed by atoms with E-state index in [2.05, 4.69) is 0 Å². The van der Waals surface area contributed by atoms with Gasteiger partial charge in [-0.15, -0.1) is 0 Å². The fraction of sp³-hybridized carbons (Fsp3) is 0.600. The van der Waals surface area contributed by atoms with E-state index < -0.39 is 55.3 Å². The molecule has 4 rings (SSSR count). The SMILES string of the molecule is OC[C@@]1(O)CO[C@@H](OC[C@H]2O[C@@H](Oc3ccc(CCCC[C@@H](O)CCc4ccc(O)cc4)cc3)[C@H](O)[C@@H](O)[C@@H]2O)[C@@H]1O. The van der Waals surface area contributed by atoms with Gasteiger partial charge in [-0.2, -0.15) is 0 Å². The van der Waals surface area contributed by atoms with Crippen molar-refractivity contribution in [3.8, 4) is 11.5 Å². The molecule has 0 radical (unpaired) electrons. The van der Waals surface area contributed by atoms with Crippen LogP contribution in [-0.4, -0.2) is 115 Å². The minimum Gasteiger partial charge on any atom is -0.508 e. The molecule has 2 aromatic rings. The number of phenols is 1. The van der Waals surface area contributed by atoms with E-state index >= 15 is 0 Å². The lowest BCUT2D eigenvalue weighted by atomic mass is 9.99. The minimum absolute atomic E-state index is 0.227. The zero-order valence-corrected chi connectivity index (χ0v) is 23.3. The first kappa shape index (κ1) is 32.6. The maximum atomic E-state index is 10.4. The van der Waals surface area contributed by atoms with E-state index in [1.807, 2.05) is 24.3 Å². The van der Waals surface area contributed by atoms with Crippen molar-refractivity contribution >= 4 is 0 Å². The lowest BCUT2D eigenvalue weighted by molar-refractivity contribution is -0.289. The van der Waals surface area contributed by atoms with Gasteiger partial charge in [0.05, 0.1) is 25.9 Å². The summed E-state index contributed by atoms with van der Waals surface area (Å²) in [5, 5.41) is 80.2. The van der Waals surface area contributed by atoms with Gasteiger partial charge in [0.2, 0.25) is 6.29 Å². The molecule has 12 heteroatoms. The molecular formula is C30H42O12. The highest BCUT2D eigenvalue weighted by Crippen LogP contribution is 2.28. The number of unbranched alkanes of at least 4 members (excludes halogenated alkanes) is 1. The maximum absolute atomic E-state index is 10.4. The van der Waals surface area contributed by atoms with Gasteiger partial charge >= 0.3 is 0 Å². The van der Waals surface area contributed by atoms with Crippen LogP contribution in [0.25, 0.3) is 0 Å². The largest absolute Gasteiger partial charge is 0.508 e. The molecule has 0 aromatic heterocycles. The number of hydrogen-bond donors (Lipinski definition) is 8. The molecule has 0 amide bonds. The average molecular weight is 595 g/mol. The molecule has 8 N–H and O–H groups in total. The van der Waals surface area contributed by atoms with Crippen molar-refractivity contribution < 1.29 is 59.8 Å². The van der Waals surface area contributed by atoms with E-state index in [9.17, 15) is 40.9 Å². The first-order valence-corrected chi connectivity index (χ1v) is 14.3. The van der Waals surface area contributed by atoms with E-state index in [1.165, 1.54) is 0 Å². The molecule has 2 heterocycles. The first-order valence-electron chi connectivity index (χ1n) is 14.3. The summed E-state index contributed by atoms with van der Waals surface area (Å²) < 4.78 is 22.0. The van der Waals surface area contributed by atoms with Crippen molar-refractivity contribution in [1.29, 1.82) is 0 Å². The Morgan fingerprint density at radius 1 is 0.833 bits per heavy atom. The second-order valence-corrected chi connectivity index (χ2v) is 11.1. The Bertz CT molecular complexity index is 1080. The minimum atomic E-state index is -1.87. The molecule has 0 bridgehead atoms. The predicted octanol–water partition coefficient (Wildman–Crippen LogP) is -0.258. The van der Waals surface area contributed by atoms with Crippen molar-refractivity contribution in [3.63, 3.8) is 0 Å². The van der Waals surface area contributed by atoms with Crippen LogP contribution in [0.1, 0.15) is 36.8 Å². The van der Waals surface area contributed by atoms with Crippen LogP contribution in [-0.2, 0) is 27.1 Å². The Balaban J connectivity index is 1.19. The number of ether oxygens (including phenoxy) is 4. The molecule has 0 unspecified atom stereocenters. The molecule has 42 heavy (non-hydrogen) atoms. The predicted molar refractivity (Wildman–Crippen MR) is 147 cm³/mol. The number of rotatable bonds is 14. The summed E-state index contributed by atoms with van der Waals surface area (Å²) in [7, 11) is 0. The summed E-state index contributed by atoms with van der Waals surface area (Å²) in [4.78, 5) is 0. The number of phenolic OH excluding ortho intramolecular Hbond substituents is 1. The first-order chi connectivity index (χ1) is 20.1. The van der Waals surface area contributed by atoms with Crippen molar-refractivity contribution in [2.24, 2.45) is 0 Å². The van der Waals surface area contributed by atoms with E-state index in [4.69, 9.17) is 18.9 Å². The van der Waals surface area contributed by atoms with Gasteiger partial charge < -0.3 is 59.8 Å². The lowest BCUT2D eigenvalue weighted by Crippen LogP contribution is -2.60. The highest BCUT2D eigenvalue weighted by molar-refractivity contribution is 5.28. The number of aliphatic hydroxyl groups is 7. The third-order valence-electron chi connectivity index (χ3n) is 7.80. The summed E-state index contributed by atoms with van der Waals surface area (Å²) in [6, 6.07) is 14.2. The van der Waals surface area contributed by atoms with Crippen LogP contribution < -0.4 is 4.74 Å². The Morgan fingerprint density at radius 2 is 1.50 bits per heavy atom. The Hall–Kier alpha value is -2.36. The topological polar surface area (TPSA) is 199 Å². The second-order valence-electron chi connectivity index (χ2n) is 11.1. The summed E-state index contributed by atoms with van der Waals surface area (Å²) in [6.45, 7) is -1.45. The van der Waals surface area contributed by atoms with Crippen LogP contribution >= 0.6 is 0 Å². The highest BCUT2D eigenvalue weighted by atomic mass is 16.7. The molecule has 234 valence electrons. The van der Waals surface area contributed by atoms with Gasteiger partial charge in [-0.3, -0.25) is 0 Å². The molecule has 0 saturated carbocycles. The Kier molecular flexibility index (Phi) is 11.5. The zero-order chi connectivity index (χ0) is 30.3. The van der Waals surface area contributed by atoms with E-state index in [0.29, 0.717) is 18.6 Å². The van der Waals surface area contributed by atoms with Gasteiger partial charge in [-0.1, -0.05) is 30.7 Å². The van der Waals surface area contributed by atoms with Crippen LogP contribution in [0.3, 0.4) is 0 Å². The maximum Gasteiger partial charge on any atom is 0.229 e. The van der Waals surface area contributed by atoms with Crippen molar-refractivity contribution in [3.05, 3.63) is 59.7 Å². The standard InChI is InChI=1S/C30H42O12/c31-16-30(38)17-40-29(27(30)37)39-15-23-24(34)25(35)26(36)28(42-23)41-22-13-8-18(9-14-22)3-1-2-4-20(32)10-5-19-6-11-21(33)12-7-19/h6-9,11-14,20,23-29,31-38H,1-5,10,15-17H2/t20-,23-,24-,25+,26-,27+,28-,29-,30-/m1/s1. The smallest absolute Gasteiger partial charge is 0.229 e. The van der Waals surface area contributed by atoms with Crippen LogP contribution in [0.5, 0.6) is 11.5 Å². The fourth-order valence-electron chi connectivity index (χ4n) is 4.99. The van der Waals surface area contributed by atoms with Crippen molar-refractivity contribution in [2.45, 2.75) is 93.3 Å². The zero-order valence-electron chi connectivity index (χ0n) is 23.3. The summed E-state index contributed by atoms with van der Waals surface area (Å²) >= 11 is 0. The van der Waals surface area contributed by atoms with Gasteiger partial charge in [-0.25, -0.2) is 0 Å². The summed E-state index contributed by atoms with van der Waals surface area (Å²) in [5.74, 6) is 0.601. The molecular weight excluding hydrogens is 552 g/mol. The van der Waals surface area contributed by atoms with Gasteiger partial charge in [0.15, 0.2) is 6.29 Å². The molecule has 2 aliphatic heterocycles. The van der Waals surface area contributed by atoms with Gasteiger partial charge in [0, 0.05) is 0 Å². The molecule has 0 spiro atoms. The summed E-state index contributed by atoms with van der Waals surface area (Å²) in [5.41, 5.74) is 0.262. The second kappa shape index (κ2) is 14.9. The monoisotopic (exact) mass is 594 g/mol. The fourth-order valence-corrected chi connectivity index (χ4v) is 4.99. The number of aryl methyl sites for hydroxylation is 2. The highest BCUT2D eigenvalue weighted by Gasteiger charge is 2.50. The molecule has 0 aliphatic carbocycles. The van der Waals surface area contributed by atoms with Crippen LogP contribution in [0, 0.1) is 0 Å².